The van der Waals surface area contributed by atoms with Crippen molar-refractivity contribution in [1.82, 2.24) is 20.2 Å². The summed E-state index contributed by atoms with van der Waals surface area (Å²) in [6.07, 6.45) is 0. The summed E-state index contributed by atoms with van der Waals surface area (Å²) in [5.41, 5.74) is 0. The second-order valence-corrected chi connectivity index (χ2v) is 3.46. The summed E-state index contributed by atoms with van der Waals surface area (Å²) in [4.78, 5) is 2.06. The van der Waals surface area contributed by atoms with Crippen LogP contribution in [0.2, 0.25) is 0 Å². The van der Waals surface area contributed by atoms with Gasteiger partial charge < -0.3 is 4.90 Å². The molecule has 0 spiro atoms. The van der Waals surface area contributed by atoms with E-state index < -0.39 is 0 Å². The van der Waals surface area contributed by atoms with Crippen molar-refractivity contribution in [2.75, 3.05) is 17.3 Å². The van der Waals surface area contributed by atoms with Gasteiger partial charge in [0.1, 0.15) is 0 Å². The summed E-state index contributed by atoms with van der Waals surface area (Å²) in [6, 6.07) is 0.350. The average Bonchev–Trinajstić information content (AvgIpc) is 2.47. The largest absolute Gasteiger partial charge is 0.336 e. The standard InChI is InChI=1S/C7H14ClN5/c1-6(2)13(5-4-8)7-9-10-11-12(7)3/h6H,4-5H2,1-3H3. The van der Waals surface area contributed by atoms with Crippen LogP contribution in [0.3, 0.4) is 0 Å². The molecular weight excluding hydrogens is 190 g/mol. The number of rotatable bonds is 4. The molecule has 0 aromatic carbocycles. The highest BCUT2D eigenvalue weighted by molar-refractivity contribution is 6.18. The van der Waals surface area contributed by atoms with Crippen LogP contribution in [0, 0.1) is 0 Å². The van der Waals surface area contributed by atoms with E-state index in [0.29, 0.717) is 11.9 Å². The smallest absolute Gasteiger partial charge is 0.245 e. The van der Waals surface area contributed by atoms with Crippen molar-refractivity contribution >= 4 is 17.5 Å². The Morgan fingerprint density at radius 1 is 1.54 bits per heavy atom. The van der Waals surface area contributed by atoms with E-state index in [1.807, 2.05) is 7.05 Å². The molecule has 13 heavy (non-hydrogen) atoms. The number of nitrogens with zero attached hydrogens (tertiary/aromatic N) is 5. The number of aromatic nitrogens is 4. The van der Waals surface area contributed by atoms with E-state index in [1.165, 1.54) is 0 Å². The molecule has 1 aromatic heterocycles. The molecule has 0 unspecified atom stereocenters. The van der Waals surface area contributed by atoms with E-state index in [9.17, 15) is 0 Å². The Hall–Kier alpha value is -0.840. The zero-order valence-electron chi connectivity index (χ0n) is 8.11. The molecular formula is C7H14ClN5. The predicted molar refractivity (Wildman–Crippen MR) is 52.0 cm³/mol. The van der Waals surface area contributed by atoms with E-state index in [0.717, 1.165) is 12.5 Å². The molecule has 0 saturated heterocycles. The maximum atomic E-state index is 5.69. The Labute approximate surface area is 82.7 Å². The maximum absolute atomic E-state index is 5.69. The number of aryl methyl sites for hydroxylation is 1. The summed E-state index contributed by atoms with van der Waals surface area (Å²) in [5.74, 6) is 1.33. The average molecular weight is 204 g/mol. The number of alkyl halides is 1. The minimum Gasteiger partial charge on any atom is -0.336 e. The van der Waals surface area contributed by atoms with Crippen LogP contribution in [0.5, 0.6) is 0 Å². The molecule has 0 saturated carbocycles. The van der Waals surface area contributed by atoms with Crippen molar-refractivity contribution in [3.63, 3.8) is 0 Å². The van der Waals surface area contributed by atoms with Crippen molar-refractivity contribution in [1.29, 1.82) is 0 Å². The van der Waals surface area contributed by atoms with E-state index in [-0.39, 0.29) is 0 Å². The number of hydrogen-bond acceptors (Lipinski definition) is 4. The fourth-order valence-electron chi connectivity index (χ4n) is 1.15. The molecule has 0 fully saturated rings. The lowest BCUT2D eigenvalue weighted by molar-refractivity contribution is 0.640. The number of halogens is 1. The first-order valence-electron chi connectivity index (χ1n) is 4.21. The second-order valence-electron chi connectivity index (χ2n) is 3.08. The molecule has 5 nitrogen and oxygen atoms in total. The van der Waals surface area contributed by atoms with Crippen molar-refractivity contribution in [2.45, 2.75) is 19.9 Å². The lowest BCUT2D eigenvalue weighted by atomic mass is 10.3. The first-order chi connectivity index (χ1) is 6.16. The highest BCUT2D eigenvalue weighted by atomic mass is 35.5. The van der Waals surface area contributed by atoms with Gasteiger partial charge in [-0.25, -0.2) is 4.68 Å². The van der Waals surface area contributed by atoms with E-state index in [2.05, 4.69) is 34.3 Å². The molecule has 0 aliphatic heterocycles. The fourth-order valence-corrected chi connectivity index (χ4v) is 1.33. The molecule has 0 N–H and O–H groups in total. The van der Waals surface area contributed by atoms with E-state index >= 15 is 0 Å². The molecule has 0 aliphatic carbocycles. The third-order valence-corrected chi connectivity index (χ3v) is 1.97. The molecule has 6 heteroatoms. The molecule has 0 radical (unpaired) electrons. The minimum absolute atomic E-state index is 0.350. The molecule has 0 amide bonds. The van der Waals surface area contributed by atoms with E-state index in [1.54, 1.807) is 4.68 Å². The minimum atomic E-state index is 0.350. The Kier molecular flexibility index (Phi) is 3.48. The van der Waals surface area contributed by atoms with Crippen LogP contribution in [-0.4, -0.2) is 38.7 Å². The maximum Gasteiger partial charge on any atom is 0.245 e. The van der Waals surface area contributed by atoms with Gasteiger partial charge in [-0.1, -0.05) is 5.10 Å². The fraction of sp³-hybridized carbons (Fsp3) is 0.857. The Morgan fingerprint density at radius 2 is 2.23 bits per heavy atom. The van der Waals surface area contributed by atoms with Gasteiger partial charge in [-0.05, 0) is 24.3 Å². The lowest BCUT2D eigenvalue weighted by Gasteiger charge is -2.25. The van der Waals surface area contributed by atoms with Crippen molar-refractivity contribution in [2.24, 2.45) is 7.05 Å². The SMILES string of the molecule is CC(C)N(CCCl)c1nnnn1C. The second kappa shape index (κ2) is 4.41. The summed E-state index contributed by atoms with van der Waals surface area (Å²) >= 11 is 5.69. The normalized spacial score (nSPS) is 10.8. The van der Waals surface area contributed by atoms with Gasteiger partial charge in [0.2, 0.25) is 5.95 Å². The summed E-state index contributed by atoms with van der Waals surface area (Å²) in [6.45, 7) is 4.93. The highest BCUT2D eigenvalue weighted by Crippen LogP contribution is 2.10. The Morgan fingerprint density at radius 3 is 2.62 bits per heavy atom. The molecule has 0 aliphatic rings. The topological polar surface area (TPSA) is 46.8 Å². The zero-order chi connectivity index (χ0) is 9.84. The lowest BCUT2D eigenvalue weighted by Crippen LogP contribution is -2.34. The first kappa shape index (κ1) is 10.2. The third kappa shape index (κ3) is 2.30. The van der Waals surface area contributed by atoms with Gasteiger partial charge in [0, 0.05) is 25.5 Å². The highest BCUT2D eigenvalue weighted by Gasteiger charge is 2.15. The molecule has 74 valence electrons. The van der Waals surface area contributed by atoms with Gasteiger partial charge in [0.15, 0.2) is 0 Å². The molecule has 0 atom stereocenters. The molecule has 0 bridgehead atoms. The van der Waals surface area contributed by atoms with Crippen LogP contribution in [-0.2, 0) is 7.05 Å². The van der Waals surface area contributed by atoms with Gasteiger partial charge in [-0.3, -0.25) is 0 Å². The van der Waals surface area contributed by atoms with E-state index in [4.69, 9.17) is 11.6 Å². The Balaban J connectivity index is 2.82. The predicted octanol–water partition coefficient (Wildman–Crippen LogP) is 0.664. The van der Waals surface area contributed by atoms with Crippen LogP contribution in [0.4, 0.5) is 5.95 Å². The monoisotopic (exact) mass is 203 g/mol. The van der Waals surface area contributed by atoms with Gasteiger partial charge in [0.05, 0.1) is 0 Å². The summed E-state index contributed by atoms with van der Waals surface area (Å²) < 4.78 is 1.65. The number of anilines is 1. The van der Waals surface area contributed by atoms with Crippen LogP contribution in [0.25, 0.3) is 0 Å². The quantitative estimate of drug-likeness (QED) is 0.675. The van der Waals surface area contributed by atoms with Crippen molar-refractivity contribution in [3.8, 4) is 0 Å². The summed E-state index contributed by atoms with van der Waals surface area (Å²) in [7, 11) is 1.82. The number of hydrogen-bond donors (Lipinski definition) is 0. The third-order valence-electron chi connectivity index (χ3n) is 1.80. The zero-order valence-corrected chi connectivity index (χ0v) is 8.86. The molecule has 1 heterocycles. The van der Waals surface area contributed by atoms with Crippen LogP contribution >= 0.6 is 11.6 Å². The van der Waals surface area contributed by atoms with Gasteiger partial charge in [-0.15, -0.1) is 11.6 Å². The van der Waals surface area contributed by atoms with Gasteiger partial charge >= 0.3 is 0 Å². The van der Waals surface area contributed by atoms with Crippen molar-refractivity contribution in [3.05, 3.63) is 0 Å². The van der Waals surface area contributed by atoms with Gasteiger partial charge in [-0.2, -0.15) is 0 Å². The van der Waals surface area contributed by atoms with Crippen LogP contribution in [0.15, 0.2) is 0 Å². The van der Waals surface area contributed by atoms with Crippen molar-refractivity contribution < 1.29 is 0 Å². The van der Waals surface area contributed by atoms with Gasteiger partial charge in [0.25, 0.3) is 0 Å². The number of tetrazole rings is 1. The summed E-state index contributed by atoms with van der Waals surface area (Å²) in [5, 5.41) is 11.3. The molecule has 1 aromatic rings. The van der Waals surface area contributed by atoms with Crippen LogP contribution in [0.1, 0.15) is 13.8 Å². The Bertz CT molecular complexity index is 259. The first-order valence-corrected chi connectivity index (χ1v) is 4.75. The van der Waals surface area contributed by atoms with Crippen LogP contribution < -0.4 is 4.90 Å². The molecule has 1 rings (SSSR count).